The zero-order valence-corrected chi connectivity index (χ0v) is 27.4. The Hall–Kier alpha value is -4.09. The van der Waals surface area contributed by atoms with Crippen molar-refractivity contribution in [1.29, 1.82) is 0 Å². The third-order valence-electron chi connectivity index (χ3n) is 7.39. The van der Waals surface area contributed by atoms with Gasteiger partial charge in [0.15, 0.2) is 5.16 Å². The summed E-state index contributed by atoms with van der Waals surface area (Å²) in [5.74, 6) is 0.677. The van der Waals surface area contributed by atoms with Gasteiger partial charge in [0.2, 0.25) is 0 Å². The van der Waals surface area contributed by atoms with Crippen molar-refractivity contribution in [2.75, 3.05) is 51.6 Å². The van der Waals surface area contributed by atoms with Crippen LogP contribution in [0.4, 0.5) is 19.3 Å². The van der Waals surface area contributed by atoms with Crippen molar-refractivity contribution in [3.63, 3.8) is 0 Å². The molecule has 0 aliphatic carbocycles. The van der Waals surface area contributed by atoms with Crippen LogP contribution in [-0.4, -0.2) is 67.2 Å². The van der Waals surface area contributed by atoms with E-state index in [2.05, 4.69) is 17.2 Å². The Bertz CT molecular complexity index is 1450. The molecule has 1 aromatic heterocycles. The Balaban J connectivity index is 1.33. The lowest BCUT2D eigenvalue weighted by atomic mass is 10.0. The maximum Gasteiger partial charge on any atom is 0.322 e. The van der Waals surface area contributed by atoms with Gasteiger partial charge in [0.05, 0.1) is 44.5 Å². The first-order chi connectivity index (χ1) is 22.4. The Morgan fingerprint density at radius 3 is 2.20 bits per heavy atom. The van der Waals surface area contributed by atoms with Crippen molar-refractivity contribution in [3.8, 4) is 34.0 Å². The summed E-state index contributed by atoms with van der Waals surface area (Å²) in [7, 11) is 3.28. The van der Waals surface area contributed by atoms with Gasteiger partial charge in [-0.25, -0.2) is 18.6 Å². The molecule has 0 atom stereocenters. The molecule has 0 bridgehead atoms. The van der Waals surface area contributed by atoms with Gasteiger partial charge >= 0.3 is 6.03 Å². The van der Waals surface area contributed by atoms with Crippen LogP contribution in [0.15, 0.2) is 71.9 Å². The molecule has 0 aliphatic heterocycles. The van der Waals surface area contributed by atoms with E-state index >= 15 is 0 Å². The largest absolute Gasteiger partial charge is 0.497 e. The standard InChI is InChI=1S/C35H42F2N4O4S/c1-4-5-6-7-8-19-41(35(42)38-31-18-13-27(36)24-30(31)37)20-21-45-22-23-46-34-39-32(25-9-14-28(43-2)15-10-25)33(40-34)26-11-16-29(44-3)17-12-26/h9-18,24H,4-8,19-23H2,1-3H3,(H,38,42)(H,39,40). The van der Waals surface area contributed by atoms with Crippen LogP contribution in [0.5, 0.6) is 11.5 Å². The van der Waals surface area contributed by atoms with Crippen LogP contribution in [0, 0.1) is 11.6 Å². The SMILES string of the molecule is CCCCCCCN(CCOCCSc1nc(-c2ccc(OC)cc2)c(-c2ccc(OC)cc2)[nH]1)C(=O)Nc1ccc(F)cc1F. The van der Waals surface area contributed by atoms with Crippen LogP contribution < -0.4 is 14.8 Å². The minimum atomic E-state index is -0.812. The molecule has 2 N–H and O–H groups in total. The van der Waals surface area contributed by atoms with E-state index in [1.165, 1.54) is 6.07 Å². The minimum absolute atomic E-state index is 0.0545. The second-order valence-electron chi connectivity index (χ2n) is 10.6. The van der Waals surface area contributed by atoms with E-state index in [4.69, 9.17) is 19.2 Å². The smallest absolute Gasteiger partial charge is 0.322 e. The number of carbonyl (C=O) groups excluding carboxylic acids is 1. The molecule has 4 rings (SSSR count). The van der Waals surface area contributed by atoms with Gasteiger partial charge in [-0.3, -0.25) is 0 Å². The maximum absolute atomic E-state index is 14.2. The Morgan fingerprint density at radius 1 is 0.870 bits per heavy atom. The molecule has 0 radical (unpaired) electrons. The Morgan fingerprint density at radius 2 is 1.54 bits per heavy atom. The van der Waals surface area contributed by atoms with E-state index in [1.807, 2.05) is 48.5 Å². The number of rotatable bonds is 18. The Kier molecular flexibility index (Phi) is 13.7. The first-order valence-electron chi connectivity index (χ1n) is 15.5. The summed E-state index contributed by atoms with van der Waals surface area (Å²) in [6, 6.07) is 18.3. The summed E-state index contributed by atoms with van der Waals surface area (Å²) in [4.78, 5) is 23.0. The lowest BCUT2D eigenvalue weighted by Crippen LogP contribution is -2.38. The first kappa shape index (κ1) is 34.8. The molecular formula is C35H42F2N4O4S. The third-order valence-corrected chi connectivity index (χ3v) is 8.23. The highest BCUT2D eigenvalue weighted by molar-refractivity contribution is 7.99. The van der Waals surface area contributed by atoms with E-state index < -0.39 is 17.7 Å². The van der Waals surface area contributed by atoms with Crippen molar-refractivity contribution in [2.45, 2.75) is 44.2 Å². The number of amides is 2. The van der Waals surface area contributed by atoms with E-state index in [0.29, 0.717) is 32.1 Å². The topological polar surface area (TPSA) is 88.7 Å². The fourth-order valence-corrected chi connectivity index (χ4v) is 5.55. The molecular weight excluding hydrogens is 610 g/mol. The molecule has 246 valence electrons. The molecule has 0 saturated heterocycles. The highest BCUT2D eigenvalue weighted by Gasteiger charge is 2.17. The van der Waals surface area contributed by atoms with Gasteiger partial charge in [0.1, 0.15) is 23.1 Å². The number of hydrogen-bond acceptors (Lipinski definition) is 6. The second kappa shape index (κ2) is 18.2. The van der Waals surface area contributed by atoms with Crippen LogP contribution in [0.3, 0.4) is 0 Å². The number of imidazole rings is 1. The number of halogens is 2. The molecule has 1 heterocycles. The number of methoxy groups -OCH3 is 2. The zero-order valence-electron chi connectivity index (χ0n) is 26.6. The number of hydrogen-bond donors (Lipinski definition) is 2. The normalized spacial score (nSPS) is 11.0. The van der Waals surface area contributed by atoms with Crippen molar-refractivity contribution >= 4 is 23.5 Å². The van der Waals surface area contributed by atoms with Gasteiger partial charge in [0.25, 0.3) is 0 Å². The summed E-state index contributed by atoms with van der Waals surface area (Å²) >= 11 is 1.54. The number of thioether (sulfide) groups is 1. The average molecular weight is 653 g/mol. The molecule has 0 saturated carbocycles. The molecule has 0 unspecified atom stereocenters. The summed E-state index contributed by atoms with van der Waals surface area (Å²) in [5, 5.41) is 3.33. The highest BCUT2D eigenvalue weighted by atomic mass is 32.2. The van der Waals surface area contributed by atoms with Crippen molar-refractivity contribution < 1.29 is 27.8 Å². The molecule has 4 aromatic rings. The number of aromatic amines is 1. The summed E-state index contributed by atoms with van der Waals surface area (Å²) in [6.45, 7) is 3.78. The zero-order chi connectivity index (χ0) is 32.7. The van der Waals surface area contributed by atoms with Gasteiger partial charge < -0.3 is 29.4 Å². The molecule has 11 heteroatoms. The number of benzene rings is 3. The molecule has 0 fully saturated rings. The summed E-state index contributed by atoms with van der Waals surface area (Å²) in [6.07, 6.45) is 5.20. The van der Waals surface area contributed by atoms with Crippen molar-refractivity contribution in [3.05, 3.63) is 78.4 Å². The number of nitrogens with zero attached hydrogens (tertiary/aromatic N) is 2. The van der Waals surface area contributed by atoms with Gasteiger partial charge in [0, 0.05) is 36.0 Å². The number of nitrogens with one attached hydrogen (secondary N) is 2. The van der Waals surface area contributed by atoms with E-state index in [0.717, 1.165) is 83.4 Å². The van der Waals surface area contributed by atoms with Gasteiger partial charge in [-0.1, -0.05) is 44.4 Å². The molecule has 2 amide bonds. The minimum Gasteiger partial charge on any atom is -0.497 e. The average Bonchev–Trinajstić information content (AvgIpc) is 3.50. The maximum atomic E-state index is 14.2. The number of anilines is 1. The quantitative estimate of drug-likeness (QED) is 0.0826. The fourth-order valence-electron chi connectivity index (χ4n) is 4.82. The van der Waals surface area contributed by atoms with E-state index in [9.17, 15) is 13.6 Å². The fraction of sp³-hybridized carbons (Fsp3) is 0.371. The lowest BCUT2D eigenvalue weighted by molar-refractivity contribution is 0.123. The molecule has 0 aliphatic rings. The van der Waals surface area contributed by atoms with E-state index in [1.54, 1.807) is 30.9 Å². The summed E-state index contributed by atoms with van der Waals surface area (Å²) < 4.78 is 44.0. The number of urea groups is 1. The van der Waals surface area contributed by atoms with Gasteiger partial charge in [-0.2, -0.15) is 0 Å². The molecule has 0 spiro atoms. The van der Waals surface area contributed by atoms with Crippen LogP contribution in [0.25, 0.3) is 22.5 Å². The number of ether oxygens (including phenoxy) is 3. The first-order valence-corrected chi connectivity index (χ1v) is 16.5. The van der Waals surface area contributed by atoms with Crippen molar-refractivity contribution in [2.24, 2.45) is 0 Å². The van der Waals surface area contributed by atoms with Crippen LogP contribution in [-0.2, 0) is 4.74 Å². The second-order valence-corrected chi connectivity index (χ2v) is 11.7. The van der Waals surface area contributed by atoms with Gasteiger partial charge in [-0.15, -0.1) is 0 Å². The summed E-state index contributed by atoms with van der Waals surface area (Å²) in [5.41, 5.74) is 3.61. The number of carbonyl (C=O) groups is 1. The van der Waals surface area contributed by atoms with Crippen LogP contribution >= 0.6 is 11.8 Å². The molecule has 46 heavy (non-hydrogen) atoms. The molecule has 3 aromatic carbocycles. The Labute approximate surface area is 273 Å². The highest BCUT2D eigenvalue weighted by Crippen LogP contribution is 2.34. The number of H-pyrrole nitrogens is 1. The predicted molar refractivity (Wildman–Crippen MR) is 180 cm³/mol. The van der Waals surface area contributed by atoms with Gasteiger partial charge in [-0.05, 0) is 67.1 Å². The monoisotopic (exact) mass is 652 g/mol. The predicted octanol–water partition coefficient (Wildman–Crippen LogP) is 8.65. The van der Waals surface area contributed by atoms with E-state index in [-0.39, 0.29) is 5.69 Å². The number of aromatic nitrogens is 2. The van der Waals surface area contributed by atoms with Crippen LogP contribution in [0.1, 0.15) is 39.0 Å². The van der Waals surface area contributed by atoms with Crippen LogP contribution in [0.2, 0.25) is 0 Å². The third kappa shape index (κ3) is 10.2. The lowest BCUT2D eigenvalue weighted by Gasteiger charge is -2.23. The van der Waals surface area contributed by atoms with Crippen molar-refractivity contribution in [1.82, 2.24) is 14.9 Å². The molecule has 8 nitrogen and oxygen atoms in total. The number of unbranched alkanes of at least 4 members (excludes halogenated alkanes) is 4.